The molecule has 0 spiro atoms. The first-order valence-electron chi connectivity index (χ1n) is 5.66. The maximum absolute atomic E-state index is 6.21. The van der Waals surface area contributed by atoms with E-state index in [1.54, 1.807) is 0 Å². The van der Waals surface area contributed by atoms with E-state index >= 15 is 0 Å². The molecule has 1 nitrogen and oxygen atoms in total. The quantitative estimate of drug-likeness (QED) is 0.697. The van der Waals surface area contributed by atoms with Crippen molar-refractivity contribution in [3.63, 3.8) is 0 Å². The molecule has 2 atom stereocenters. The van der Waals surface area contributed by atoms with Crippen LogP contribution in [0.15, 0.2) is 30.3 Å². The van der Waals surface area contributed by atoms with Gasteiger partial charge in [-0.3, -0.25) is 4.90 Å². The maximum Gasteiger partial charge on any atom is 0.0386 e. The molecule has 1 aromatic rings. The number of benzene rings is 1. The predicted molar refractivity (Wildman–Crippen MR) is 65.1 cm³/mol. The maximum atomic E-state index is 6.21. The van der Waals surface area contributed by atoms with Crippen LogP contribution in [0.5, 0.6) is 0 Å². The van der Waals surface area contributed by atoms with Gasteiger partial charge < -0.3 is 0 Å². The summed E-state index contributed by atoms with van der Waals surface area (Å²) in [5.41, 5.74) is 1.40. The Balaban J connectivity index is 1.91. The fourth-order valence-electron chi connectivity index (χ4n) is 2.19. The Bertz CT molecular complexity index is 299. The lowest BCUT2D eigenvalue weighted by Gasteiger charge is -2.34. The molecule has 82 valence electrons. The molecule has 0 amide bonds. The van der Waals surface area contributed by atoms with Gasteiger partial charge in [0.25, 0.3) is 0 Å². The summed E-state index contributed by atoms with van der Waals surface area (Å²) >= 11 is 6.21. The van der Waals surface area contributed by atoms with Gasteiger partial charge in [0.2, 0.25) is 0 Å². The molecule has 0 unspecified atom stereocenters. The van der Waals surface area contributed by atoms with Crippen molar-refractivity contribution in [2.75, 3.05) is 13.1 Å². The number of hydrogen-bond donors (Lipinski definition) is 0. The Morgan fingerprint density at radius 3 is 2.73 bits per heavy atom. The number of halogens is 1. The van der Waals surface area contributed by atoms with Gasteiger partial charge >= 0.3 is 0 Å². The van der Waals surface area contributed by atoms with Crippen LogP contribution in [0.2, 0.25) is 0 Å². The van der Waals surface area contributed by atoms with Crippen molar-refractivity contribution in [3.8, 4) is 0 Å². The Morgan fingerprint density at radius 1 is 1.33 bits per heavy atom. The Kier molecular flexibility index (Phi) is 3.66. The van der Waals surface area contributed by atoms with Gasteiger partial charge in [-0.05, 0) is 24.4 Å². The fourth-order valence-corrected chi connectivity index (χ4v) is 2.37. The van der Waals surface area contributed by atoms with Crippen LogP contribution in [0.3, 0.4) is 0 Å². The van der Waals surface area contributed by atoms with Crippen LogP contribution in [0.4, 0.5) is 0 Å². The molecular weight excluding hydrogens is 206 g/mol. The molecule has 15 heavy (non-hydrogen) atoms. The second kappa shape index (κ2) is 5.00. The van der Waals surface area contributed by atoms with Crippen molar-refractivity contribution >= 4 is 11.6 Å². The molecule has 1 fully saturated rings. The highest BCUT2D eigenvalue weighted by molar-refractivity contribution is 6.20. The van der Waals surface area contributed by atoms with Crippen LogP contribution in [0.1, 0.15) is 18.9 Å². The average Bonchev–Trinajstić information content (AvgIpc) is 2.25. The molecule has 1 saturated heterocycles. The standard InChI is InChI=1S/C13H18ClN/c1-11-9-15(8-7-13(11)14)10-12-5-3-2-4-6-12/h2-6,11,13H,7-10H2,1H3/t11-,13+/m0/s1. The molecule has 0 aliphatic carbocycles. The molecule has 0 radical (unpaired) electrons. The van der Waals surface area contributed by atoms with Gasteiger partial charge in [-0.25, -0.2) is 0 Å². The number of nitrogens with zero attached hydrogens (tertiary/aromatic N) is 1. The summed E-state index contributed by atoms with van der Waals surface area (Å²) in [5.74, 6) is 0.615. The van der Waals surface area contributed by atoms with Crippen LogP contribution in [-0.2, 0) is 6.54 Å². The SMILES string of the molecule is C[C@H]1CN(Cc2ccccc2)CC[C@H]1Cl. The summed E-state index contributed by atoms with van der Waals surface area (Å²) in [6.07, 6.45) is 1.12. The smallest absolute Gasteiger partial charge is 0.0386 e. The van der Waals surface area contributed by atoms with E-state index in [1.807, 2.05) is 0 Å². The minimum atomic E-state index is 0.372. The molecular formula is C13H18ClN. The molecule has 0 N–H and O–H groups in total. The van der Waals surface area contributed by atoms with Gasteiger partial charge in [-0.1, -0.05) is 37.3 Å². The van der Waals surface area contributed by atoms with Gasteiger partial charge in [0.05, 0.1) is 0 Å². The minimum absolute atomic E-state index is 0.372. The number of rotatable bonds is 2. The molecule has 2 rings (SSSR count). The van der Waals surface area contributed by atoms with E-state index in [9.17, 15) is 0 Å². The zero-order valence-electron chi connectivity index (χ0n) is 9.20. The number of piperidine rings is 1. The van der Waals surface area contributed by atoms with Crippen LogP contribution in [0.25, 0.3) is 0 Å². The highest BCUT2D eigenvalue weighted by Crippen LogP contribution is 2.22. The first-order valence-corrected chi connectivity index (χ1v) is 6.09. The van der Waals surface area contributed by atoms with E-state index in [-0.39, 0.29) is 0 Å². The van der Waals surface area contributed by atoms with Crippen molar-refractivity contribution in [3.05, 3.63) is 35.9 Å². The van der Waals surface area contributed by atoms with Gasteiger partial charge in [-0.15, -0.1) is 11.6 Å². The summed E-state index contributed by atoms with van der Waals surface area (Å²) in [6, 6.07) is 10.7. The second-order valence-corrected chi connectivity index (χ2v) is 5.06. The van der Waals surface area contributed by atoms with E-state index in [0.29, 0.717) is 11.3 Å². The third kappa shape index (κ3) is 2.96. The van der Waals surface area contributed by atoms with Crippen molar-refractivity contribution in [1.29, 1.82) is 0 Å². The molecule has 2 heteroatoms. The first-order chi connectivity index (χ1) is 7.25. The lowest BCUT2D eigenvalue weighted by atomic mass is 9.99. The summed E-state index contributed by atoms with van der Waals surface area (Å²) in [7, 11) is 0. The zero-order valence-corrected chi connectivity index (χ0v) is 9.95. The van der Waals surface area contributed by atoms with E-state index in [1.165, 1.54) is 5.56 Å². The Morgan fingerprint density at radius 2 is 2.07 bits per heavy atom. The molecule has 1 aliphatic heterocycles. The van der Waals surface area contributed by atoms with E-state index < -0.39 is 0 Å². The molecule has 0 bridgehead atoms. The fraction of sp³-hybridized carbons (Fsp3) is 0.538. The monoisotopic (exact) mass is 223 g/mol. The lowest BCUT2D eigenvalue weighted by Crippen LogP contribution is -2.39. The summed E-state index contributed by atoms with van der Waals surface area (Å²) in [4.78, 5) is 2.50. The van der Waals surface area contributed by atoms with Crippen molar-refractivity contribution < 1.29 is 0 Å². The van der Waals surface area contributed by atoms with Crippen molar-refractivity contribution in [2.45, 2.75) is 25.3 Å². The average molecular weight is 224 g/mol. The van der Waals surface area contributed by atoms with Gasteiger partial charge in [0, 0.05) is 18.5 Å². The third-order valence-electron chi connectivity index (χ3n) is 3.13. The van der Waals surface area contributed by atoms with Gasteiger partial charge in [0.1, 0.15) is 0 Å². The van der Waals surface area contributed by atoms with Crippen molar-refractivity contribution in [2.24, 2.45) is 5.92 Å². The highest BCUT2D eigenvalue weighted by Gasteiger charge is 2.23. The van der Waals surface area contributed by atoms with Crippen LogP contribution in [-0.4, -0.2) is 23.4 Å². The summed E-state index contributed by atoms with van der Waals surface area (Å²) in [5, 5.41) is 0.372. The van der Waals surface area contributed by atoms with Gasteiger partial charge in [0.15, 0.2) is 0 Å². The van der Waals surface area contributed by atoms with E-state index in [4.69, 9.17) is 11.6 Å². The number of hydrogen-bond acceptors (Lipinski definition) is 1. The summed E-state index contributed by atoms with van der Waals surface area (Å²) in [6.45, 7) is 5.57. The molecule has 1 aromatic carbocycles. The number of likely N-dealkylation sites (tertiary alicyclic amines) is 1. The zero-order chi connectivity index (χ0) is 10.7. The predicted octanol–water partition coefficient (Wildman–Crippen LogP) is 3.14. The van der Waals surface area contributed by atoms with Crippen molar-refractivity contribution in [1.82, 2.24) is 4.90 Å². The van der Waals surface area contributed by atoms with Crippen LogP contribution >= 0.6 is 11.6 Å². The Labute approximate surface area is 97.0 Å². The molecule has 0 aromatic heterocycles. The van der Waals surface area contributed by atoms with Crippen LogP contribution < -0.4 is 0 Å². The van der Waals surface area contributed by atoms with Crippen LogP contribution in [0, 0.1) is 5.92 Å². The Hall–Kier alpha value is -0.530. The van der Waals surface area contributed by atoms with Gasteiger partial charge in [-0.2, -0.15) is 0 Å². The largest absolute Gasteiger partial charge is 0.299 e. The number of alkyl halides is 1. The molecule has 1 aliphatic rings. The third-order valence-corrected chi connectivity index (χ3v) is 3.78. The summed E-state index contributed by atoms with van der Waals surface area (Å²) < 4.78 is 0. The normalized spacial score (nSPS) is 27.9. The highest BCUT2D eigenvalue weighted by atomic mass is 35.5. The first kappa shape index (κ1) is 11.0. The minimum Gasteiger partial charge on any atom is -0.299 e. The lowest BCUT2D eigenvalue weighted by molar-refractivity contribution is 0.180. The second-order valence-electron chi connectivity index (χ2n) is 4.50. The van der Waals surface area contributed by atoms with E-state index in [0.717, 1.165) is 26.1 Å². The topological polar surface area (TPSA) is 3.24 Å². The molecule has 0 saturated carbocycles. The van der Waals surface area contributed by atoms with E-state index in [2.05, 4.69) is 42.2 Å². The molecule has 1 heterocycles.